The van der Waals surface area contributed by atoms with Crippen molar-refractivity contribution in [2.24, 2.45) is 0 Å². The number of carbonyl (C=O) groups is 1. The molecule has 1 aromatic heterocycles. The van der Waals surface area contributed by atoms with Crippen LogP contribution in [-0.4, -0.2) is 16.9 Å². The lowest BCUT2D eigenvalue weighted by molar-refractivity contribution is 0.0942. The highest BCUT2D eigenvalue weighted by atomic mass is 19.1. The van der Waals surface area contributed by atoms with Crippen LogP contribution < -0.4 is 10.1 Å². The Kier molecular flexibility index (Phi) is 4.87. The SMILES string of the molecule is CC(C)NC(=O)c1ccc(OCc2cccc(F)c2)nc1. The molecular weight excluding hydrogens is 271 g/mol. The van der Waals surface area contributed by atoms with Gasteiger partial charge in [-0.1, -0.05) is 12.1 Å². The highest BCUT2D eigenvalue weighted by Crippen LogP contribution is 2.11. The van der Waals surface area contributed by atoms with E-state index in [0.29, 0.717) is 11.4 Å². The average molecular weight is 288 g/mol. The second-order valence-corrected chi connectivity index (χ2v) is 4.93. The lowest BCUT2D eigenvalue weighted by Gasteiger charge is -2.09. The predicted octanol–water partition coefficient (Wildman–Crippen LogP) is 2.94. The molecule has 0 aliphatic heterocycles. The zero-order valence-corrected chi connectivity index (χ0v) is 12.0. The summed E-state index contributed by atoms with van der Waals surface area (Å²) in [5, 5.41) is 2.78. The van der Waals surface area contributed by atoms with Crippen LogP contribution in [0.25, 0.3) is 0 Å². The highest BCUT2D eigenvalue weighted by molar-refractivity contribution is 5.94. The van der Waals surface area contributed by atoms with Crippen molar-refractivity contribution in [3.05, 3.63) is 59.5 Å². The van der Waals surface area contributed by atoms with Gasteiger partial charge in [0.05, 0.1) is 5.56 Å². The van der Waals surface area contributed by atoms with Crippen LogP contribution in [-0.2, 0) is 6.61 Å². The first-order chi connectivity index (χ1) is 10.0. The fourth-order valence-corrected chi connectivity index (χ4v) is 1.73. The first-order valence-corrected chi connectivity index (χ1v) is 6.69. The van der Waals surface area contributed by atoms with E-state index < -0.39 is 0 Å². The standard InChI is InChI=1S/C16H17FN2O2/c1-11(2)19-16(20)13-6-7-15(18-9-13)21-10-12-4-3-5-14(17)8-12/h3-9,11H,10H2,1-2H3,(H,19,20). The summed E-state index contributed by atoms with van der Waals surface area (Å²) in [6.07, 6.45) is 1.46. The van der Waals surface area contributed by atoms with Crippen LogP contribution in [0.1, 0.15) is 29.8 Å². The van der Waals surface area contributed by atoms with Crippen LogP contribution in [0.3, 0.4) is 0 Å². The van der Waals surface area contributed by atoms with E-state index in [1.807, 2.05) is 13.8 Å². The topological polar surface area (TPSA) is 51.2 Å². The molecule has 0 aliphatic carbocycles. The minimum atomic E-state index is -0.301. The van der Waals surface area contributed by atoms with E-state index in [4.69, 9.17) is 4.74 Å². The Balaban J connectivity index is 1.95. The molecule has 110 valence electrons. The lowest BCUT2D eigenvalue weighted by Crippen LogP contribution is -2.30. The molecule has 1 aromatic carbocycles. The van der Waals surface area contributed by atoms with E-state index in [1.165, 1.54) is 18.3 Å². The summed E-state index contributed by atoms with van der Waals surface area (Å²) < 4.78 is 18.5. The predicted molar refractivity (Wildman–Crippen MR) is 77.6 cm³/mol. The Bertz CT molecular complexity index is 612. The molecule has 0 saturated heterocycles. The van der Waals surface area contributed by atoms with Crippen molar-refractivity contribution in [2.45, 2.75) is 26.5 Å². The maximum absolute atomic E-state index is 13.0. The summed E-state index contributed by atoms with van der Waals surface area (Å²) in [5.74, 6) is -0.0840. The highest BCUT2D eigenvalue weighted by Gasteiger charge is 2.07. The first kappa shape index (κ1) is 15.0. The van der Waals surface area contributed by atoms with E-state index in [1.54, 1.807) is 24.3 Å². The number of aromatic nitrogens is 1. The van der Waals surface area contributed by atoms with Crippen molar-refractivity contribution >= 4 is 5.91 Å². The largest absolute Gasteiger partial charge is 0.473 e. The second kappa shape index (κ2) is 6.83. The number of ether oxygens (including phenoxy) is 1. The van der Waals surface area contributed by atoms with Crippen LogP contribution in [0.2, 0.25) is 0 Å². The minimum Gasteiger partial charge on any atom is -0.473 e. The zero-order chi connectivity index (χ0) is 15.2. The maximum atomic E-state index is 13.0. The molecule has 2 aromatic rings. The van der Waals surface area contributed by atoms with Gasteiger partial charge in [0, 0.05) is 18.3 Å². The van der Waals surface area contributed by atoms with Crippen molar-refractivity contribution in [3.8, 4) is 5.88 Å². The molecule has 21 heavy (non-hydrogen) atoms. The number of carbonyl (C=O) groups excluding carboxylic acids is 1. The molecule has 0 bridgehead atoms. The van der Waals surface area contributed by atoms with Gasteiger partial charge in [0.1, 0.15) is 12.4 Å². The lowest BCUT2D eigenvalue weighted by atomic mass is 10.2. The Morgan fingerprint density at radius 3 is 2.76 bits per heavy atom. The minimum absolute atomic E-state index is 0.0707. The van der Waals surface area contributed by atoms with Gasteiger partial charge in [0.2, 0.25) is 5.88 Å². The fraction of sp³-hybridized carbons (Fsp3) is 0.250. The molecule has 0 unspecified atom stereocenters. The summed E-state index contributed by atoms with van der Waals surface area (Å²) in [6.45, 7) is 4.01. The van der Waals surface area contributed by atoms with Gasteiger partial charge in [-0.25, -0.2) is 9.37 Å². The molecule has 1 N–H and O–H groups in total. The Morgan fingerprint density at radius 1 is 1.33 bits per heavy atom. The molecule has 0 spiro atoms. The van der Waals surface area contributed by atoms with E-state index in [-0.39, 0.29) is 24.4 Å². The van der Waals surface area contributed by atoms with Gasteiger partial charge in [-0.05, 0) is 37.6 Å². The number of nitrogens with zero attached hydrogens (tertiary/aromatic N) is 1. The zero-order valence-electron chi connectivity index (χ0n) is 12.0. The van der Waals surface area contributed by atoms with Crippen molar-refractivity contribution in [1.29, 1.82) is 0 Å². The van der Waals surface area contributed by atoms with E-state index in [9.17, 15) is 9.18 Å². The Hall–Kier alpha value is -2.43. The third kappa shape index (κ3) is 4.56. The molecule has 4 nitrogen and oxygen atoms in total. The van der Waals surface area contributed by atoms with E-state index in [0.717, 1.165) is 5.56 Å². The molecule has 0 aliphatic rings. The van der Waals surface area contributed by atoms with E-state index >= 15 is 0 Å². The van der Waals surface area contributed by atoms with Gasteiger partial charge < -0.3 is 10.1 Å². The van der Waals surface area contributed by atoms with Crippen molar-refractivity contribution in [3.63, 3.8) is 0 Å². The van der Waals surface area contributed by atoms with Gasteiger partial charge in [0.15, 0.2) is 0 Å². The third-order valence-corrected chi connectivity index (χ3v) is 2.69. The summed E-state index contributed by atoms with van der Waals surface area (Å²) in [4.78, 5) is 15.8. The van der Waals surface area contributed by atoms with Crippen LogP contribution in [0, 0.1) is 5.82 Å². The molecule has 5 heteroatoms. The number of nitrogens with one attached hydrogen (secondary N) is 1. The number of hydrogen-bond acceptors (Lipinski definition) is 3. The molecule has 2 rings (SSSR count). The smallest absolute Gasteiger partial charge is 0.253 e. The number of hydrogen-bond donors (Lipinski definition) is 1. The van der Waals surface area contributed by atoms with Gasteiger partial charge in [-0.2, -0.15) is 0 Å². The maximum Gasteiger partial charge on any atom is 0.253 e. The Morgan fingerprint density at radius 2 is 2.14 bits per heavy atom. The second-order valence-electron chi connectivity index (χ2n) is 4.93. The van der Waals surface area contributed by atoms with Crippen LogP contribution >= 0.6 is 0 Å². The summed E-state index contributed by atoms with van der Waals surface area (Å²) in [6, 6.07) is 9.52. The number of pyridine rings is 1. The van der Waals surface area contributed by atoms with Crippen molar-refractivity contribution < 1.29 is 13.9 Å². The normalized spacial score (nSPS) is 10.5. The Labute approximate surface area is 123 Å². The molecule has 0 atom stereocenters. The molecule has 1 heterocycles. The fourth-order valence-electron chi connectivity index (χ4n) is 1.73. The number of amides is 1. The third-order valence-electron chi connectivity index (χ3n) is 2.69. The van der Waals surface area contributed by atoms with Crippen LogP contribution in [0.4, 0.5) is 4.39 Å². The number of rotatable bonds is 5. The molecule has 0 saturated carbocycles. The van der Waals surface area contributed by atoms with Gasteiger partial charge in [0.25, 0.3) is 5.91 Å². The van der Waals surface area contributed by atoms with E-state index in [2.05, 4.69) is 10.3 Å². The van der Waals surface area contributed by atoms with Crippen molar-refractivity contribution in [1.82, 2.24) is 10.3 Å². The molecular formula is C16H17FN2O2. The summed E-state index contributed by atoms with van der Waals surface area (Å²) in [5.41, 5.74) is 1.19. The van der Waals surface area contributed by atoms with Crippen LogP contribution in [0.15, 0.2) is 42.6 Å². The first-order valence-electron chi connectivity index (χ1n) is 6.69. The quantitative estimate of drug-likeness (QED) is 0.920. The van der Waals surface area contributed by atoms with Gasteiger partial charge in [-0.3, -0.25) is 4.79 Å². The van der Waals surface area contributed by atoms with Crippen LogP contribution in [0.5, 0.6) is 5.88 Å². The van der Waals surface area contributed by atoms with Gasteiger partial charge >= 0.3 is 0 Å². The van der Waals surface area contributed by atoms with Gasteiger partial charge in [-0.15, -0.1) is 0 Å². The molecule has 0 fully saturated rings. The number of halogens is 1. The average Bonchev–Trinajstić information content (AvgIpc) is 2.45. The summed E-state index contributed by atoms with van der Waals surface area (Å²) >= 11 is 0. The molecule has 1 amide bonds. The molecule has 0 radical (unpaired) electrons. The van der Waals surface area contributed by atoms with Crippen molar-refractivity contribution in [2.75, 3.05) is 0 Å². The number of benzene rings is 1. The summed E-state index contributed by atoms with van der Waals surface area (Å²) in [7, 11) is 0. The monoisotopic (exact) mass is 288 g/mol.